The zero-order valence-electron chi connectivity index (χ0n) is 11.0. The summed E-state index contributed by atoms with van der Waals surface area (Å²) in [5, 5.41) is 0. The molecule has 1 saturated carbocycles. The van der Waals surface area contributed by atoms with Crippen LogP contribution in [0.4, 0.5) is 0 Å². The van der Waals surface area contributed by atoms with Crippen molar-refractivity contribution >= 4 is 11.9 Å². The number of rotatable bonds is 6. The molecule has 0 aromatic heterocycles. The van der Waals surface area contributed by atoms with E-state index in [9.17, 15) is 9.59 Å². The lowest BCUT2D eigenvalue weighted by molar-refractivity contribution is -0.145. The van der Waals surface area contributed by atoms with Crippen LogP contribution in [-0.2, 0) is 19.1 Å². The van der Waals surface area contributed by atoms with Crippen LogP contribution in [0.25, 0.3) is 0 Å². The maximum atomic E-state index is 11.0. The Labute approximate surface area is 108 Å². The van der Waals surface area contributed by atoms with Gasteiger partial charge in [-0.1, -0.05) is 13.5 Å². The van der Waals surface area contributed by atoms with E-state index in [1.165, 1.54) is 6.08 Å². The second-order valence-corrected chi connectivity index (χ2v) is 4.76. The Kier molecular flexibility index (Phi) is 6.47. The Bertz CT molecular complexity index is 290. The molecular weight excluding hydrogens is 232 g/mol. The van der Waals surface area contributed by atoms with Crippen LogP contribution in [0.15, 0.2) is 12.7 Å². The van der Waals surface area contributed by atoms with Crippen molar-refractivity contribution in [2.75, 3.05) is 13.2 Å². The summed E-state index contributed by atoms with van der Waals surface area (Å²) in [6.07, 6.45) is 5.75. The van der Waals surface area contributed by atoms with Crippen LogP contribution in [0.5, 0.6) is 0 Å². The van der Waals surface area contributed by atoms with E-state index in [2.05, 4.69) is 6.58 Å². The van der Waals surface area contributed by atoms with Gasteiger partial charge in [0.1, 0.15) is 0 Å². The SMILES string of the molecule is C=CC(=O)OCC1CCC(COC(=O)CC)CC1. The lowest BCUT2D eigenvalue weighted by Crippen LogP contribution is -2.23. The van der Waals surface area contributed by atoms with Crippen molar-refractivity contribution in [3.05, 3.63) is 12.7 Å². The number of carbonyl (C=O) groups is 2. The number of carbonyl (C=O) groups excluding carboxylic acids is 2. The molecule has 0 aliphatic heterocycles. The largest absolute Gasteiger partial charge is 0.465 e. The Hall–Kier alpha value is -1.32. The van der Waals surface area contributed by atoms with Crippen molar-refractivity contribution in [2.24, 2.45) is 11.8 Å². The summed E-state index contributed by atoms with van der Waals surface area (Å²) in [6, 6.07) is 0. The molecule has 1 rings (SSSR count). The van der Waals surface area contributed by atoms with Gasteiger partial charge in [0.2, 0.25) is 0 Å². The maximum Gasteiger partial charge on any atom is 0.330 e. The van der Waals surface area contributed by atoms with Crippen molar-refractivity contribution in [1.29, 1.82) is 0 Å². The number of ether oxygens (including phenoxy) is 2. The van der Waals surface area contributed by atoms with Gasteiger partial charge in [0.15, 0.2) is 0 Å². The smallest absolute Gasteiger partial charge is 0.330 e. The third kappa shape index (κ3) is 5.34. The molecule has 0 amide bonds. The van der Waals surface area contributed by atoms with Crippen molar-refractivity contribution in [3.8, 4) is 0 Å². The summed E-state index contributed by atoms with van der Waals surface area (Å²) in [7, 11) is 0. The third-order valence-corrected chi connectivity index (χ3v) is 3.36. The van der Waals surface area contributed by atoms with E-state index >= 15 is 0 Å². The minimum Gasteiger partial charge on any atom is -0.465 e. The molecule has 0 saturated heterocycles. The second kappa shape index (κ2) is 7.90. The molecule has 0 heterocycles. The van der Waals surface area contributed by atoms with E-state index in [1.54, 1.807) is 6.92 Å². The van der Waals surface area contributed by atoms with E-state index < -0.39 is 0 Å². The summed E-state index contributed by atoms with van der Waals surface area (Å²) in [5.74, 6) is 0.421. The first-order valence-corrected chi connectivity index (χ1v) is 6.60. The molecule has 0 unspecified atom stereocenters. The first-order valence-electron chi connectivity index (χ1n) is 6.60. The van der Waals surface area contributed by atoms with Crippen LogP contribution in [0.2, 0.25) is 0 Å². The summed E-state index contributed by atoms with van der Waals surface area (Å²) >= 11 is 0. The van der Waals surface area contributed by atoms with Crippen molar-refractivity contribution in [1.82, 2.24) is 0 Å². The first kappa shape index (κ1) is 14.7. The molecule has 4 heteroatoms. The quantitative estimate of drug-likeness (QED) is 0.539. The molecule has 0 spiro atoms. The summed E-state index contributed by atoms with van der Waals surface area (Å²) in [6.45, 7) is 6.17. The average Bonchev–Trinajstić information content (AvgIpc) is 2.43. The topological polar surface area (TPSA) is 52.6 Å². The van der Waals surface area contributed by atoms with E-state index in [1.807, 2.05) is 0 Å². The molecule has 1 aliphatic carbocycles. The number of hydrogen-bond donors (Lipinski definition) is 0. The summed E-state index contributed by atoms with van der Waals surface area (Å²) in [4.78, 5) is 22.0. The molecule has 0 aromatic rings. The zero-order chi connectivity index (χ0) is 13.4. The molecule has 0 radical (unpaired) electrons. The normalized spacial score (nSPS) is 23.2. The van der Waals surface area contributed by atoms with E-state index in [0.717, 1.165) is 25.7 Å². The Balaban J connectivity index is 2.14. The minimum absolute atomic E-state index is 0.128. The standard InChI is InChI=1S/C14H22O4/c1-3-13(15)17-9-11-5-7-12(8-6-11)10-18-14(16)4-2/h3,11-12H,1,4-10H2,2H3. The van der Waals surface area contributed by atoms with E-state index in [4.69, 9.17) is 9.47 Å². The molecule has 4 nitrogen and oxygen atoms in total. The predicted octanol–water partition coefficient (Wildman–Crippen LogP) is 2.48. The highest BCUT2D eigenvalue weighted by atomic mass is 16.5. The van der Waals surface area contributed by atoms with E-state index in [0.29, 0.717) is 31.5 Å². The zero-order valence-corrected chi connectivity index (χ0v) is 11.0. The fourth-order valence-corrected chi connectivity index (χ4v) is 2.14. The van der Waals surface area contributed by atoms with Crippen LogP contribution in [0.3, 0.4) is 0 Å². The Morgan fingerprint density at radius 2 is 1.61 bits per heavy atom. The highest BCUT2D eigenvalue weighted by Crippen LogP contribution is 2.29. The predicted molar refractivity (Wildman–Crippen MR) is 67.9 cm³/mol. The lowest BCUT2D eigenvalue weighted by atomic mass is 9.83. The maximum absolute atomic E-state index is 11.0. The van der Waals surface area contributed by atoms with Gasteiger partial charge < -0.3 is 9.47 Å². The van der Waals surface area contributed by atoms with Crippen LogP contribution in [0.1, 0.15) is 39.0 Å². The van der Waals surface area contributed by atoms with Gasteiger partial charge in [-0.3, -0.25) is 4.79 Å². The molecule has 1 fully saturated rings. The fourth-order valence-electron chi connectivity index (χ4n) is 2.14. The van der Waals surface area contributed by atoms with Crippen LogP contribution < -0.4 is 0 Å². The fraction of sp³-hybridized carbons (Fsp3) is 0.714. The number of esters is 2. The summed E-state index contributed by atoms with van der Waals surface area (Å²) < 4.78 is 10.2. The van der Waals surface area contributed by atoms with Crippen molar-refractivity contribution in [3.63, 3.8) is 0 Å². The van der Waals surface area contributed by atoms with Gasteiger partial charge >= 0.3 is 11.9 Å². The van der Waals surface area contributed by atoms with Crippen molar-refractivity contribution in [2.45, 2.75) is 39.0 Å². The van der Waals surface area contributed by atoms with Gasteiger partial charge in [-0.2, -0.15) is 0 Å². The molecular formula is C14H22O4. The molecule has 0 N–H and O–H groups in total. The minimum atomic E-state index is -0.353. The van der Waals surface area contributed by atoms with Gasteiger partial charge in [0, 0.05) is 12.5 Å². The van der Waals surface area contributed by atoms with E-state index in [-0.39, 0.29) is 11.9 Å². The molecule has 0 bridgehead atoms. The lowest BCUT2D eigenvalue weighted by Gasteiger charge is -2.27. The average molecular weight is 254 g/mol. The highest BCUT2D eigenvalue weighted by Gasteiger charge is 2.22. The van der Waals surface area contributed by atoms with Gasteiger partial charge in [-0.05, 0) is 37.5 Å². The van der Waals surface area contributed by atoms with Crippen LogP contribution in [-0.4, -0.2) is 25.2 Å². The summed E-state index contributed by atoms with van der Waals surface area (Å²) in [5.41, 5.74) is 0. The molecule has 102 valence electrons. The monoisotopic (exact) mass is 254 g/mol. The molecule has 0 atom stereocenters. The van der Waals surface area contributed by atoms with Crippen molar-refractivity contribution < 1.29 is 19.1 Å². The van der Waals surface area contributed by atoms with Gasteiger partial charge in [-0.25, -0.2) is 4.79 Å². The Morgan fingerprint density at radius 1 is 1.11 bits per heavy atom. The molecule has 18 heavy (non-hydrogen) atoms. The third-order valence-electron chi connectivity index (χ3n) is 3.36. The van der Waals surface area contributed by atoms with Crippen LogP contribution >= 0.6 is 0 Å². The molecule has 1 aliphatic rings. The highest BCUT2D eigenvalue weighted by molar-refractivity contribution is 5.81. The Morgan fingerprint density at radius 3 is 2.06 bits per heavy atom. The number of hydrogen-bond acceptors (Lipinski definition) is 4. The molecule has 0 aromatic carbocycles. The van der Waals surface area contributed by atoms with Gasteiger partial charge in [0.25, 0.3) is 0 Å². The van der Waals surface area contributed by atoms with Gasteiger partial charge in [-0.15, -0.1) is 0 Å². The van der Waals surface area contributed by atoms with Crippen LogP contribution in [0, 0.1) is 11.8 Å². The van der Waals surface area contributed by atoms with Gasteiger partial charge in [0.05, 0.1) is 13.2 Å². The first-order chi connectivity index (χ1) is 8.65. The second-order valence-electron chi connectivity index (χ2n) is 4.76.